The number of nitrogens with zero attached hydrogens (tertiary/aromatic N) is 3. The average Bonchev–Trinajstić information content (AvgIpc) is 2.49. The zero-order chi connectivity index (χ0) is 9.26. The zero-order valence-corrected chi connectivity index (χ0v) is 7.70. The van der Waals surface area contributed by atoms with Crippen LogP contribution in [-0.4, -0.2) is 21.1 Å². The molecule has 4 nitrogen and oxygen atoms in total. The van der Waals surface area contributed by atoms with E-state index >= 15 is 0 Å². The highest BCUT2D eigenvalue weighted by atomic mass is 35.5. The number of pyridine rings is 1. The average molecular weight is 197 g/mol. The van der Waals surface area contributed by atoms with E-state index in [0.717, 1.165) is 11.5 Å². The van der Waals surface area contributed by atoms with Crippen molar-refractivity contribution in [3.63, 3.8) is 0 Å². The van der Waals surface area contributed by atoms with Crippen molar-refractivity contribution in [2.75, 3.05) is 6.54 Å². The van der Waals surface area contributed by atoms with Gasteiger partial charge in [-0.1, -0.05) is 11.6 Å². The highest BCUT2D eigenvalue weighted by Crippen LogP contribution is 2.11. The predicted molar refractivity (Wildman–Crippen MR) is 50.8 cm³/mol. The fraction of sp³-hybridized carbons (Fsp3) is 0.250. The lowest BCUT2D eigenvalue weighted by atomic mass is 10.4. The SMILES string of the molecule is NCCc1nnc2ccc(Cl)cn12. The third-order valence-electron chi connectivity index (χ3n) is 1.80. The Hall–Kier alpha value is -1.13. The van der Waals surface area contributed by atoms with Crippen molar-refractivity contribution in [3.8, 4) is 0 Å². The van der Waals surface area contributed by atoms with Crippen LogP contribution in [-0.2, 0) is 6.42 Å². The van der Waals surface area contributed by atoms with Gasteiger partial charge in [0, 0.05) is 12.6 Å². The molecule has 0 saturated carbocycles. The lowest BCUT2D eigenvalue weighted by molar-refractivity contribution is 0.848. The van der Waals surface area contributed by atoms with E-state index in [1.807, 2.05) is 10.5 Å². The second-order valence-corrected chi connectivity index (χ2v) is 3.17. The second-order valence-electron chi connectivity index (χ2n) is 2.73. The van der Waals surface area contributed by atoms with Gasteiger partial charge in [0.1, 0.15) is 5.82 Å². The Labute approximate surface area is 80.3 Å². The van der Waals surface area contributed by atoms with Crippen molar-refractivity contribution >= 4 is 17.2 Å². The predicted octanol–water partition coefficient (Wildman–Crippen LogP) is 0.884. The van der Waals surface area contributed by atoms with Crippen LogP contribution in [0.15, 0.2) is 18.3 Å². The van der Waals surface area contributed by atoms with Crippen LogP contribution in [0.5, 0.6) is 0 Å². The summed E-state index contributed by atoms with van der Waals surface area (Å²) in [6.45, 7) is 0.563. The summed E-state index contributed by atoms with van der Waals surface area (Å²) in [6, 6.07) is 3.62. The van der Waals surface area contributed by atoms with Gasteiger partial charge in [-0.2, -0.15) is 0 Å². The van der Waals surface area contributed by atoms with Crippen molar-refractivity contribution in [1.82, 2.24) is 14.6 Å². The molecule has 0 aliphatic heterocycles. The molecule has 0 unspecified atom stereocenters. The van der Waals surface area contributed by atoms with E-state index < -0.39 is 0 Å². The van der Waals surface area contributed by atoms with Crippen LogP contribution >= 0.6 is 11.6 Å². The van der Waals surface area contributed by atoms with Crippen LogP contribution in [0.25, 0.3) is 5.65 Å². The van der Waals surface area contributed by atoms with Gasteiger partial charge in [-0.25, -0.2) is 0 Å². The third-order valence-corrected chi connectivity index (χ3v) is 2.03. The lowest BCUT2D eigenvalue weighted by Crippen LogP contribution is -2.06. The molecule has 0 aliphatic rings. The second kappa shape index (κ2) is 3.32. The summed E-state index contributed by atoms with van der Waals surface area (Å²) in [5.74, 6) is 0.847. The van der Waals surface area contributed by atoms with Gasteiger partial charge in [-0.15, -0.1) is 10.2 Å². The van der Waals surface area contributed by atoms with Crippen molar-refractivity contribution in [1.29, 1.82) is 0 Å². The van der Waals surface area contributed by atoms with Crippen LogP contribution in [0.1, 0.15) is 5.82 Å². The number of nitrogens with two attached hydrogens (primary N) is 1. The minimum atomic E-state index is 0.563. The number of rotatable bonds is 2. The molecule has 0 radical (unpaired) electrons. The standard InChI is InChI=1S/C8H9ClN4/c9-6-1-2-7-11-12-8(3-4-10)13(7)5-6/h1-2,5H,3-4,10H2. The van der Waals surface area contributed by atoms with Crippen LogP contribution in [0.2, 0.25) is 5.02 Å². The first-order valence-electron chi connectivity index (χ1n) is 4.00. The number of aromatic nitrogens is 3. The van der Waals surface area contributed by atoms with Gasteiger partial charge in [-0.3, -0.25) is 4.40 Å². The Morgan fingerprint density at radius 1 is 1.38 bits per heavy atom. The Morgan fingerprint density at radius 3 is 3.00 bits per heavy atom. The van der Waals surface area contributed by atoms with Crippen molar-refractivity contribution in [3.05, 3.63) is 29.2 Å². The molecule has 68 valence electrons. The maximum Gasteiger partial charge on any atom is 0.160 e. The Kier molecular flexibility index (Phi) is 2.16. The molecule has 2 aromatic rings. The van der Waals surface area contributed by atoms with Gasteiger partial charge in [0.15, 0.2) is 5.65 Å². The lowest BCUT2D eigenvalue weighted by Gasteiger charge is -1.97. The topological polar surface area (TPSA) is 56.2 Å². The van der Waals surface area contributed by atoms with Crippen LogP contribution in [0.3, 0.4) is 0 Å². The Balaban J connectivity index is 2.58. The quantitative estimate of drug-likeness (QED) is 0.776. The minimum Gasteiger partial charge on any atom is -0.330 e. The van der Waals surface area contributed by atoms with Crippen molar-refractivity contribution in [2.24, 2.45) is 5.73 Å². The van der Waals surface area contributed by atoms with E-state index in [0.29, 0.717) is 18.0 Å². The summed E-state index contributed by atoms with van der Waals surface area (Å²) in [5, 5.41) is 8.65. The van der Waals surface area contributed by atoms with Crippen molar-refractivity contribution in [2.45, 2.75) is 6.42 Å². The third kappa shape index (κ3) is 1.50. The first kappa shape index (κ1) is 8.47. The van der Waals surface area contributed by atoms with Gasteiger partial charge in [-0.05, 0) is 18.7 Å². The van der Waals surface area contributed by atoms with E-state index in [-0.39, 0.29) is 0 Å². The molecule has 0 aromatic carbocycles. The fourth-order valence-corrected chi connectivity index (χ4v) is 1.37. The molecule has 0 saturated heterocycles. The van der Waals surface area contributed by atoms with E-state index in [2.05, 4.69) is 10.2 Å². The molecule has 0 spiro atoms. The van der Waals surface area contributed by atoms with Gasteiger partial charge in [0.2, 0.25) is 0 Å². The molecule has 2 heterocycles. The summed E-state index contributed by atoms with van der Waals surface area (Å²) < 4.78 is 1.86. The van der Waals surface area contributed by atoms with Gasteiger partial charge in [0.05, 0.1) is 5.02 Å². The number of hydrogen-bond donors (Lipinski definition) is 1. The molecule has 13 heavy (non-hydrogen) atoms. The fourth-order valence-electron chi connectivity index (χ4n) is 1.21. The van der Waals surface area contributed by atoms with Gasteiger partial charge >= 0.3 is 0 Å². The first-order valence-corrected chi connectivity index (χ1v) is 4.38. The van der Waals surface area contributed by atoms with E-state index in [1.165, 1.54) is 0 Å². The van der Waals surface area contributed by atoms with Crippen LogP contribution < -0.4 is 5.73 Å². The Bertz CT molecular complexity index is 423. The molecule has 0 atom stereocenters. The molecule has 5 heteroatoms. The van der Waals surface area contributed by atoms with E-state index in [4.69, 9.17) is 17.3 Å². The summed E-state index contributed by atoms with van der Waals surface area (Å²) >= 11 is 5.84. The number of hydrogen-bond acceptors (Lipinski definition) is 3. The Morgan fingerprint density at radius 2 is 2.23 bits per heavy atom. The summed E-state index contributed by atoms with van der Waals surface area (Å²) in [6.07, 6.45) is 2.50. The normalized spacial score (nSPS) is 10.9. The first-order chi connectivity index (χ1) is 6.31. The molecule has 0 fully saturated rings. The molecule has 2 N–H and O–H groups in total. The molecule has 2 rings (SSSR count). The van der Waals surface area contributed by atoms with E-state index in [9.17, 15) is 0 Å². The van der Waals surface area contributed by atoms with Gasteiger partial charge < -0.3 is 5.73 Å². The molecule has 0 amide bonds. The zero-order valence-electron chi connectivity index (χ0n) is 6.94. The maximum atomic E-state index is 5.84. The summed E-state index contributed by atoms with van der Waals surface area (Å²) in [5.41, 5.74) is 6.23. The summed E-state index contributed by atoms with van der Waals surface area (Å²) in [4.78, 5) is 0. The number of fused-ring (bicyclic) bond motifs is 1. The largest absolute Gasteiger partial charge is 0.330 e. The van der Waals surface area contributed by atoms with Crippen LogP contribution in [0, 0.1) is 0 Å². The molecule has 0 bridgehead atoms. The monoisotopic (exact) mass is 196 g/mol. The smallest absolute Gasteiger partial charge is 0.160 e. The minimum absolute atomic E-state index is 0.563. The highest BCUT2D eigenvalue weighted by Gasteiger charge is 2.03. The molecular weight excluding hydrogens is 188 g/mol. The summed E-state index contributed by atoms with van der Waals surface area (Å²) in [7, 11) is 0. The molecule has 0 aliphatic carbocycles. The number of halogens is 1. The highest BCUT2D eigenvalue weighted by molar-refractivity contribution is 6.30. The van der Waals surface area contributed by atoms with Crippen molar-refractivity contribution < 1.29 is 0 Å². The molecular formula is C8H9ClN4. The van der Waals surface area contributed by atoms with Crippen LogP contribution in [0.4, 0.5) is 0 Å². The van der Waals surface area contributed by atoms with Gasteiger partial charge in [0.25, 0.3) is 0 Å². The van der Waals surface area contributed by atoms with E-state index in [1.54, 1.807) is 12.3 Å². The maximum absolute atomic E-state index is 5.84. The molecule has 2 aromatic heterocycles.